The van der Waals surface area contributed by atoms with Crippen LogP contribution >= 0.6 is 0 Å². The lowest BCUT2D eigenvalue weighted by Gasteiger charge is -2.20. The Hall–Kier alpha value is -1.23. The molecule has 1 rings (SSSR count). The number of hydrogen-bond donors (Lipinski definition) is 1. The number of rotatable bonds is 6. The molecule has 0 unspecified atom stereocenters. The zero-order valence-corrected chi connectivity index (χ0v) is 10.7. The average Bonchev–Trinajstić information content (AvgIpc) is 2.55. The molecule has 0 saturated carbocycles. The maximum Gasteiger partial charge on any atom is 0.150 e. The largest absolute Gasteiger partial charge is 0.394 e. The van der Waals surface area contributed by atoms with Gasteiger partial charge in [-0.3, -0.25) is 0 Å². The van der Waals surface area contributed by atoms with Gasteiger partial charge in [-0.05, 0) is 20.8 Å². The van der Waals surface area contributed by atoms with E-state index in [0.29, 0.717) is 6.61 Å². The number of hydrogen-bond acceptors (Lipinski definition) is 4. The first-order chi connectivity index (χ1) is 7.61. The van der Waals surface area contributed by atoms with Crippen molar-refractivity contribution in [3.8, 4) is 0 Å². The standard InChI is InChI=1S/C11H22N4O/c1-5-15-11(10(12)9(3)13-15)14(4)7-8-16-6-2/h5-8,12H2,1-4H3. The molecule has 0 amide bonds. The summed E-state index contributed by atoms with van der Waals surface area (Å²) < 4.78 is 7.26. The van der Waals surface area contributed by atoms with Crippen molar-refractivity contribution in [2.24, 2.45) is 0 Å². The summed E-state index contributed by atoms with van der Waals surface area (Å²) in [5.41, 5.74) is 7.67. The van der Waals surface area contributed by atoms with Gasteiger partial charge in [-0.25, -0.2) is 4.68 Å². The number of aromatic nitrogens is 2. The lowest BCUT2D eigenvalue weighted by Crippen LogP contribution is -2.26. The van der Waals surface area contributed by atoms with Crippen molar-refractivity contribution in [1.29, 1.82) is 0 Å². The number of nitrogen functional groups attached to an aromatic ring is 1. The summed E-state index contributed by atoms with van der Waals surface area (Å²) in [6, 6.07) is 0. The second kappa shape index (κ2) is 5.75. The summed E-state index contributed by atoms with van der Waals surface area (Å²) in [6.07, 6.45) is 0. The molecule has 0 aromatic carbocycles. The van der Waals surface area contributed by atoms with Gasteiger partial charge in [-0.15, -0.1) is 0 Å². The highest BCUT2D eigenvalue weighted by Gasteiger charge is 2.14. The minimum Gasteiger partial charge on any atom is -0.394 e. The fourth-order valence-electron chi connectivity index (χ4n) is 1.66. The van der Waals surface area contributed by atoms with Crippen molar-refractivity contribution >= 4 is 11.5 Å². The van der Waals surface area contributed by atoms with Gasteiger partial charge in [0.25, 0.3) is 0 Å². The Morgan fingerprint density at radius 2 is 2.12 bits per heavy atom. The summed E-state index contributed by atoms with van der Waals surface area (Å²) in [7, 11) is 2.01. The molecule has 0 atom stereocenters. The van der Waals surface area contributed by atoms with E-state index in [4.69, 9.17) is 10.5 Å². The highest BCUT2D eigenvalue weighted by molar-refractivity contribution is 5.65. The van der Waals surface area contributed by atoms with E-state index >= 15 is 0 Å². The number of ether oxygens (including phenoxy) is 1. The fourth-order valence-corrected chi connectivity index (χ4v) is 1.66. The third-order valence-electron chi connectivity index (χ3n) is 2.58. The van der Waals surface area contributed by atoms with Crippen molar-refractivity contribution in [3.05, 3.63) is 5.69 Å². The van der Waals surface area contributed by atoms with E-state index in [-0.39, 0.29) is 0 Å². The van der Waals surface area contributed by atoms with Crippen molar-refractivity contribution in [2.45, 2.75) is 27.3 Å². The lowest BCUT2D eigenvalue weighted by atomic mass is 10.3. The Balaban J connectivity index is 2.76. The summed E-state index contributed by atoms with van der Waals surface area (Å²) in [6.45, 7) is 9.09. The first-order valence-electron chi connectivity index (χ1n) is 5.73. The zero-order chi connectivity index (χ0) is 12.1. The summed E-state index contributed by atoms with van der Waals surface area (Å²) in [4.78, 5) is 2.09. The first kappa shape index (κ1) is 12.8. The van der Waals surface area contributed by atoms with Crippen LogP contribution in [0.2, 0.25) is 0 Å². The Kier molecular flexibility index (Phi) is 4.61. The van der Waals surface area contributed by atoms with Gasteiger partial charge in [0.1, 0.15) is 5.82 Å². The minimum absolute atomic E-state index is 0.709. The van der Waals surface area contributed by atoms with Crippen LogP contribution in [0.5, 0.6) is 0 Å². The van der Waals surface area contributed by atoms with Crippen LogP contribution in [0.4, 0.5) is 11.5 Å². The Morgan fingerprint density at radius 3 is 2.69 bits per heavy atom. The molecule has 1 heterocycles. The molecule has 0 radical (unpaired) electrons. The molecule has 0 aliphatic rings. The van der Waals surface area contributed by atoms with E-state index in [0.717, 1.165) is 36.9 Å². The quantitative estimate of drug-likeness (QED) is 0.742. The molecular formula is C11H22N4O. The van der Waals surface area contributed by atoms with Crippen molar-refractivity contribution in [2.75, 3.05) is 37.4 Å². The summed E-state index contributed by atoms with van der Waals surface area (Å²) in [5, 5.41) is 4.39. The highest BCUT2D eigenvalue weighted by atomic mass is 16.5. The van der Waals surface area contributed by atoms with Gasteiger partial charge >= 0.3 is 0 Å². The Labute approximate surface area is 97.2 Å². The maximum atomic E-state index is 6.02. The Bertz CT molecular complexity index is 335. The monoisotopic (exact) mass is 226 g/mol. The maximum absolute atomic E-state index is 6.02. The molecule has 0 fully saturated rings. The summed E-state index contributed by atoms with van der Waals surface area (Å²) in [5.74, 6) is 0.986. The molecule has 16 heavy (non-hydrogen) atoms. The second-order valence-electron chi connectivity index (χ2n) is 3.76. The normalized spacial score (nSPS) is 10.8. The predicted molar refractivity (Wildman–Crippen MR) is 66.8 cm³/mol. The molecule has 5 heteroatoms. The van der Waals surface area contributed by atoms with Crippen LogP contribution in [0.1, 0.15) is 19.5 Å². The van der Waals surface area contributed by atoms with Crippen LogP contribution in [-0.4, -0.2) is 36.6 Å². The van der Waals surface area contributed by atoms with E-state index in [1.54, 1.807) is 0 Å². The van der Waals surface area contributed by atoms with Crippen LogP contribution in [0.15, 0.2) is 0 Å². The van der Waals surface area contributed by atoms with Gasteiger partial charge in [-0.1, -0.05) is 0 Å². The van der Waals surface area contributed by atoms with Crippen molar-refractivity contribution in [3.63, 3.8) is 0 Å². The van der Waals surface area contributed by atoms with Gasteiger partial charge in [-0.2, -0.15) is 5.10 Å². The lowest BCUT2D eigenvalue weighted by molar-refractivity contribution is 0.154. The topological polar surface area (TPSA) is 56.3 Å². The number of nitrogens with zero attached hydrogens (tertiary/aromatic N) is 3. The molecule has 2 N–H and O–H groups in total. The highest BCUT2D eigenvalue weighted by Crippen LogP contribution is 2.25. The third kappa shape index (κ3) is 2.66. The first-order valence-corrected chi connectivity index (χ1v) is 5.73. The average molecular weight is 226 g/mol. The van der Waals surface area contributed by atoms with Crippen LogP contribution in [0, 0.1) is 6.92 Å². The molecule has 5 nitrogen and oxygen atoms in total. The third-order valence-corrected chi connectivity index (χ3v) is 2.58. The van der Waals surface area contributed by atoms with Gasteiger partial charge in [0.15, 0.2) is 0 Å². The smallest absolute Gasteiger partial charge is 0.150 e. The van der Waals surface area contributed by atoms with Crippen LogP contribution in [0.25, 0.3) is 0 Å². The van der Waals surface area contributed by atoms with Crippen LogP contribution in [-0.2, 0) is 11.3 Å². The van der Waals surface area contributed by atoms with Gasteiger partial charge in [0, 0.05) is 26.7 Å². The minimum atomic E-state index is 0.709. The number of anilines is 2. The molecule has 0 saturated heterocycles. The second-order valence-corrected chi connectivity index (χ2v) is 3.76. The van der Waals surface area contributed by atoms with Crippen LogP contribution in [0.3, 0.4) is 0 Å². The fraction of sp³-hybridized carbons (Fsp3) is 0.727. The molecule has 1 aromatic rings. The van der Waals surface area contributed by atoms with Gasteiger partial charge in [0.2, 0.25) is 0 Å². The number of aryl methyl sites for hydroxylation is 2. The van der Waals surface area contributed by atoms with E-state index in [1.807, 2.05) is 25.6 Å². The van der Waals surface area contributed by atoms with E-state index in [9.17, 15) is 0 Å². The van der Waals surface area contributed by atoms with Gasteiger partial charge < -0.3 is 15.4 Å². The zero-order valence-electron chi connectivity index (χ0n) is 10.7. The van der Waals surface area contributed by atoms with Crippen LogP contribution < -0.4 is 10.6 Å². The molecule has 0 aliphatic carbocycles. The van der Waals surface area contributed by atoms with E-state index < -0.39 is 0 Å². The molecule has 1 aromatic heterocycles. The molecule has 0 bridgehead atoms. The van der Waals surface area contributed by atoms with Crippen molar-refractivity contribution < 1.29 is 4.74 Å². The SMILES string of the molecule is CCOCCN(C)c1c(N)c(C)nn1CC. The summed E-state index contributed by atoms with van der Waals surface area (Å²) >= 11 is 0. The molecular weight excluding hydrogens is 204 g/mol. The molecule has 0 spiro atoms. The molecule has 92 valence electrons. The number of nitrogens with two attached hydrogens (primary N) is 1. The molecule has 0 aliphatic heterocycles. The predicted octanol–water partition coefficient (Wildman–Crippen LogP) is 1.27. The number of likely N-dealkylation sites (N-methyl/N-ethyl adjacent to an activating group) is 1. The van der Waals surface area contributed by atoms with E-state index in [2.05, 4.69) is 16.9 Å². The Morgan fingerprint density at radius 1 is 1.44 bits per heavy atom. The van der Waals surface area contributed by atoms with E-state index in [1.165, 1.54) is 0 Å². The van der Waals surface area contributed by atoms with Crippen molar-refractivity contribution in [1.82, 2.24) is 9.78 Å². The van der Waals surface area contributed by atoms with Gasteiger partial charge in [0.05, 0.1) is 18.0 Å².